The molecule has 4 aromatic rings. The minimum atomic E-state index is -4.67. The number of piperidine rings is 1. The molecule has 8 nitrogen and oxygen atoms in total. The number of alkyl halides is 3. The van der Waals surface area contributed by atoms with Crippen LogP contribution in [0.25, 0.3) is 22.0 Å². The molecule has 0 aliphatic carbocycles. The average Bonchev–Trinajstić information content (AvgIpc) is 3.36. The van der Waals surface area contributed by atoms with Crippen molar-refractivity contribution in [1.29, 1.82) is 0 Å². The summed E-state index contributed by atoms with van der Waals surface area (Å²) in [6.45, 7) is 1.51. The molecule has 3 N–H and O–H groups in total. The van der Waals surface area contributed by atoms with Crippen LogP contribution in [0.1, 0.15) is 34.5 Å². The van der Waals surface area contributed by atoms with Crippen molar-refractivity contribution >= 4 is 28.4 Å². The van der Waals surface area contributed by atoms with Gasteiger partial charge in [0.05, 0.1) is 23.2 Å². The van der Waals surface area contributed by atoms with E-state index in [1.54, 1.807) is 31.3 Å². The Morgan fingerprint density at radius 2 is 1.73 bits per heavy atom. The van der Waals surface area contributed by atoms with Gasteiger partial charge in [-0.3, -0.25) is 14.7 Å². The van der Waals surface area contributed by atoms with Crippen LogP contribution in [0.2, 0.25) is 0 Å². The van der Waals surface area contributed by atoms with Gasteiger partial charge in [-0.05, 0) is 67.4 Å². The summed E-state index contributed by atoms with van der Waals surface area (Å²) >= 11 is 0. The molecule has 0 radical (unpaired) electrons. The molecule has 0 bridgehead atoms. The number of aromatic amines is 1. The number of halogens is 3. The molecule has 0 atom stereocenters. The van der Waals surface area contributed by atoms with Crippen LogP contribution in [-0.2, 0) is 17.4 Å². The van der Waals surface area contributed by atoms with E-state index in [4.69, 9.17) is 4.74 Å². The normalized spacial score (nSPS) is 14.7. The van der Waals surface area contributed by atoms with Gasteiger partial charge in [-0.1, -0.05) is 24.3 Å². The van der Waals surface area contributed by atoms with E-state index in [-0.39, 0.29) is 29.7 Å². The first kappa shape index (κ1) is 28.2. The van der Waals surface area contributed by atoms with Gasteiger partial charge in [0.2, 0.25) is 5.91 Å². The first-order valence-corrected chi connectivity index (χ1v) is 13.3. The van der Waals surface area contributed by atoms with E-state index in [1.807, 2.05) is 25.2 Å². The second kappa shape index (κ2) is 11.6. The van der Waals surface area contributed by atoms with E-state index >= 15 is 0 Å². The van der Waals surface area contributed by atoms with Crippen LogP contribution in [0, 0.1) is 0 Å². The van der Waals surface area contributed by atoms with Gasteiger partial charge in [-0.15, -0.1) is 0 Å². The van der Waals surface area contributed by atoms with Crippen molar-refractivity contribution in [2.45, 2.75) is 31.5 Å². The number of likely N-dealkylation sites (tertiary alicyclic amines) is 1. The smallest absolute Gasteiger partial charge is 0.419 e. The molecule has 2 heterocycles. The highest BCUT2D eigenvalue weighted by molar-refractivity contribution is 6.04. The fourth-order valence-electron chi connectivity index (χ4n) is 4.86. The SMILES string of the molecule is CNC(=O)Cc1[nH]nc2cc(-c3ccc(NC(=O)c4ccc(OC5CCN(C)CC5)c(C(F)(F)F)c4)cc3)ccc12. The Hall–Kier alpha value is -4.38. The molecule has 214 valence electrons. The Morgan fingerprint density at radius 1 is 1.02 bits per heavy atom. The van der Waals surface area contributed by atoms with E-state index in [9.17, 15) is 22.8 Å². The summed E-state index contributed by atoms with van der Waals surface area (Å²) in [5, 5.41) is 13.3. The molecular weight excluding hydrogens is 535 g/mol. The molecule has 1 saturated heterocycles. The number of nitrogens with zero attached hydrogens (tertiary/aromatic N) is 2. The van der Waals surface area contributed by atoms with Crippen LogP contribution in [0.4, 0.5) is 18.9 Å². The Morgan fingerprint density at radius 3 is 2.41 bits per heavy atom. The number of benzene rings is 3. The van der Waals surface area contributed by atoms with E-state index in [1.165, 1.54) is 12.1 Å². The quantitative estimate of drug-likeness (QED) is 0.284. The topological polar surface area (TPSA) is 99.3 Å². The highest BCUT2D eigenvalue weighted by Gasteiger charge is 2.36. The number of carbonyl (C=O) groups excluding carboxylic acids is 2. The van der Waals surface area contributed by atoms with Crippen LogP contribution in [0.3, 0.4) is 0 Å². The van der Waals surface area contributed by atoms with Gasteiger partial charge in [-0.25, -0.2) is 0 Å². The fourth-order valence-corrected chi connectivity index (χ4v) is 4.86. The highest BCUT2D eigenvalue weighted by atomic mass is 19.4. The molecule has 11 heteroatoms. The molecule has 0 unspecified atom stereocenters. The number of aromatic nitrogens is 2. The first-order chi connectivity index (χ1) is 19.6. The maximum Gasteiger partial charge on any atom is 0.419 e. The minimum absolute atomic E-state index is 0.117. The van der Waals surface area contributed by atoms with Crippen molar-refractivity contribution in [1.82, 2.24) is 20.4 Å². The Labute approximate surface area is 234 Å². The summed E-state index contributed by atoms with van der Waals surface area (Å²) in [4.78, 5) is 26.7. The van der Waals surface area contributed by atoms with Crippen LogP contribution < -0.4 is 15.4 Å². The summed E-state index contributed by atoms with van der Waals surface area (Å²) in [6.07, 6.45) is -3.50. The third-order valence-corrected chi connectivity index (χ3v) is 7.23. The summed E-state index contributed by atoms with van der Waals surface area (Å²) in [7, 11) is 3.54. The monoisotopic (exact) mass is 565 g/mol. The Kier molecular flexibility index (Phi) is 7.98. The number of amides is 2. The number of carbonyl (C=O) groups is 2. The molecule has 0 saturated carbocycles. The lowest BCUT2D eigenvalue weighted by molar-refractivity contribution is -0.139. The standard InChI is InChI=1S/C30H30F3N5O3/c1-34-28(39)17-26-23-9-5-19(16-25(23)36-37-26)18-3-7-21(8-4-18)35-29(40)20-6-10-27(24(15-20)30(31,32)33)41-22-11-13-38(2)14-12-22/h3-10,15-16,22H,11-14,17H2,1-2H3,(H,34,39)(H,35,40)(H,36,37). The molecule has 1 aromatic heterocycles. The number of anilines is 1. The number of nitrogens with one attached hydrogen (secondary N) is 3. The zero-order valence-corrected chi connectivity index (χ0v) is 22.6. The van der Waals surface area contributed by atoms with Crippen LogP contribution >= 0.6 is 0 Å². The van der Waals surface area contributed by atoms with Gasteiger partial charge in [0.15, 0.2) is 0 Å². The molecule has 41 heavy (non-hydrogen) atoms. The number of fused-ring (bicyclic) bond motifs is 1. The maximum atomic E-state index is 13.9. The van der Waals surface area contributed by atoms with Gasteiger partial charge in [0.1, 0.15) is 11.9 Å². The summed E-state index contributed by atoms with van der Waals surface area (Å²) in [5.41, 5.74) is 2.52. The highest BCUT2D eigenvalue weighted by Crippen LogP contribution is 2.38. The first-order valence-electron chi connectivity index (χ1n) is 13.3. The van der Waals surface area contributed by atoms with Gasteiger partial charge in [0.25, 0.3) is 5.91 Å². The van der Waals surface area contributed by atoms with E-state index in [2.05, 4.69) is 25.7 Å². The van der Waals surface area contributed by atoms with Gasteiger partial charge < -0.3 is 20.3 Å². The molecular formula is C30H30F3N5O3. The molecule has 1 fully saturated rings. The summed E-state index contributed by atoms with van der Waals surface area (Å²) in [6, 6.07) is 16.1. The van der Waals surface area contributed by atoms with Crippen molar-refractivity contribution in [3.8, 4) is 16.9 Å². The third kappa shape index (κ3) is 6.51. The molecule has 5 rings (SSSR count). The number of hydrogen-bond donors (Lipinski definition) is 3. The second-order valence-corrected chi connectivity index (χ2v) is 10.1. The van der Waals surface area contributed by atoms with Crippen molar-refractivity contribution < 1.29 is 27.5 Å². The molecule has 3 aromatic carbocycles. The van der Waals surface area contributed by atoms with Crippen molar-refractivity contribution in [2.24, 2.45) is 0 Å². The lowest BCUT2D eigenvalue weighted by atomic mass is 10.0. The van der Waals surface area contributed by atoms with E-state index < -0.39 is 17.6 Å². The Bertz CT molecular complexity index is 1560. The number of rotatable bonds is 7. The minimum Gasteiger partial charge on any atom is -0.490 e. The van der Waals surface area contributed by atoms with Crippen molar-refractivity contribution in [3.05, 3.63) is 77.5 Å². The van der Waals surface area contributed by atoms with Gasteiger partial charge in [0, 0.05) is 36.8 Å². The summed E-state index contributed by atoms with van der Waals surface area (Å²) < 4.78 is 47.3. The largest absolute Gasteiger partial charge is 0.490 e. The van der Waals surface area contributed by atoms with Crippen LogP contribution in [-0.4, -0.2) is 60.2 Å². The zero-order chi connectivity index (χ0) is 29.1. The summed E-state index contributed by atoms with van der Waals surface area (Å²) in [5.74, 6) is -1.04. The van der Waals surface area contributed by atoms with Gasteiger partial charge >= 0.3 is 6.18 Å². The molecule has 1 aliphatic heterocycles. The van der Waals surface area contributed by atoms with Crippen LogP contribution in [0.5, 0.6) is 5.75 Å². The van der Waals surface area contributed by atoms with E-state index in [0.29, 0.717) is 24.0 Å². The second-order valence-electron chi connectivity index (χ2n) is 10.1. The fraction of sp³-hybridized carbons (Fsp3) is 0.300. The zero-order valence-electron chi connectivity index (χ0n) is 22.6. The van der Waals surface area contributed by atoms with Crippen molar-refractivity contribution in [2.75, 3.05) is 32.5 Å². The molecule has 1 aliphatic rings. The third-order valence-electron chi connectivity index (χ3n) is 7.23. The predicted molar refractivity (Wildman–Crippen MR) is 150 cm³/mol. The Balaban J connectivity index is 1.28. The van der Waals surface area contributed by atoms with Crippen LogP contribution in [0.15, 0.2) is 60.7 Å². The predicted octanol–water partition coefficient (Wildman–Crippen LogP) is 5.26. The maximum absolute atomic E-state index is 13.9. The lowest BCUT2D eigenvalue weighted by Crippen LogP contribution is -2.36. The van der Waals surface area contributed by atoms with Crippen molar-refractivity contribution in [3.63, 3.8) is 0 Å². The molecule has 2 amide bonds. The number of ether oxygens (including phenoxy) is 1. The average molecular weight is 566 g/mol. The lowest BCUT2D eigenvalue weighted by Gasteiger charge is -2.30. The molecule has 0 spiro atoms. The van der Waals surface area contributed by atoms with Gasteiger partial charge in [-0.2, -0.15) is 18.3 Å². The number of likely N-dealkylation sites (N-methyl/N-ethyl adjacent to an activating group) is 1. The number of H-pyrrole nitrogens is 1. The number of hydrogen-bond acceptors (Lipinski definition) is 5. The van der Waals surface area contributed by atoms with E-state index in [0.717, 1.165) is 41.4 Å².